The first-order valence-corrected chi connectivity index (χ1v) is 21.8. The number of alkyl halides is 3. The number of ether oxygens (including phenoxy) is 1. The summed E-state index contributed by atoms with van der Waals surface area (Å²) in [6.07, 6.45) is -4.94. The van der Waals surface area contributed by atoms with Crippen LogP contribution in [0.4, 0.5) is 23.4 Å². The monoisotopic (exact) mass is 940 g/mol. The predicted octanol–water partition coefficient (Wildman–Crippen LogP) is 6.85. The lowest BCUT2D eigenvalue weighted by atomic mass is 9.80. The fourth-order valence-corrected chi connectivity index (χ4v) is 10.6. The van der Waals surface area contributed by atoms with Crippen molar-refractivity contribution >= 4 is 99.5 Å². The molecule has 0 saturated heterocycles. The molecule has 2 unspecified atom stereocenters. The average molecular weight is 941 g/mol. The molecule has 318 valence electrons. The van der Waals surface area contributed by atoms with Crippen molar-refractivity contribution < 1.29 is 27.5 Å². The van der Waals surface area contributed by atoms with Gasteiger partial charge < -0.3 is 15.4 Å². The number of carbonyl (C=O) groups excluding carboxylic acids is 2. The number of aryl methyl sites for hydroxylation is 2. The lowest BCUT2D eigenvalue weighted by Gasteiger charge is -2.25. The second kappa shape index (κ2) is 16.2. The number of halogens is 4. The van der Waals surface area contributed by atoms with E-state index >= 15 is 9.59 Å². The maximum absolute atomic E-state index is 15.1. The molecule has 0 aliphatic carbocycles. The number of hydrogen-bond donors (Lipinski definition) is 2. The summed E-state index contributed by atoms with van der Waals surface area (Å²) < 4.78 is 47.3. The quantitative estimate of drug-likeness (QED) is 0.148. The molecular formula is C39H28ClF3N8O7S4. The number of carbonyl (C=O) groups is 2. The molecule has 8 aromatic rings. The zero-order valence-electron chi connectivity index (χ0n) is 32.3. The second-order valence-electron chi connectivity index (χ2n) is 13.7. The summed E-state index contributed by atoms with van der Waals surface area (Å²) in [7, 11) is 5.46. The highest BCUT2D eigenvalue weighted by Gasteiger charge is 2.42. The molecule has 62 heavy (non-hydrogen) atoms. The van der Waals surface area contributed by atoms with E-state index in [-0.39, 0.29) is 53.1 Å². The number of hydrogen-bond acceptors (Lipinski definition) is 13. The molecule has 23 heteroatoms. The summed E-state index contributed by atoms with van der Waals surface area (Å²) in [4.78, 5) is 93.6. The van der Waals surface area contributed by atoms with Crippen molar-refractivity contribution in [3.63, 3.8) is 0 Å². The topological polar surface area (TPSA) is 181 Å². The number of thiazole rings is 2. The van der Waals surface area contributed by atoms with Crippen LogP contribution in [0.1, 0.15) is 23.0 Å². The Balaban J connectivity index is 1.30. The first kappa shape index (κ1) is 42.5. The van der Waals surface area contributed by atoms with Gasteiger partial charge in [-0.2, -0.15) is 0 Å². The van der Waals surface area contributed by atoms with Gasteiger partial charge >= 0.3 is 17.7 Å². The zero-order valence-corrected chi connectivity index (χ0v) is 36.3. The van der Waals surface area contributed by atoms with Gasteiger partial charge in [-0.1, -0.05) is 35.9 Å². The van der Waals surface area contributed by atoms with Gasteiger partial charge in [-0.05, 0) is 46.2 Å². The van der Waals surface area contributed by atoms with Crippen LogP contribution in [0, 0.1) is 0 Å². The van der Waals surface area contributed by atoms with Crippen molar-refractivity contribution in [3.8, 4) is 28.3 Å². The van der Waals surface area contributed by atoms with Gasteiger partial charge in [-0.15, -0.1) is 58.5 Å². The number of benzene rings is 2. The van der Waals surface area contributed by atoms with E-state index < -0.39 is 58.3 Å². The molecule has 0 bridgehead atoms. The van der Waals surface area contributed by atoms with Gasteiger partial charge in [0.25, 0.3) is 11.1 Å². The second-order valence-corrected chi connectivity index (χ2v) is 17.6. The van der Waals surface area contributed by atoms with Gasteiger partial charge in [-0.3, -0.25) is 37.4 Å². The third-order valence-electron chi connectivity index (χ3n) is 9.93. The first-order valence-electron chi connectivity index (χ1n) is 17.9. The molecule has 6 aromatic heterocycles. The van der Waals surface area contributed by atoms with Crippen LogP contribution in [-0.2, 0) is 37.8 Å². The lowest BCUT2D eigenvalue weighted by Crippen LogP contribution is -2.39. The van der Waals surface area contributed by atoms with E-state index in [1.807, 2.05) is 0 Å². The van der Waals surface area contributed by atoms with Crippen LogP contribution in [0.5, 0.6) is 5.75 Å². The molecule has 0 aliphatic heterocycles. The molecule has 0 saturated carbocycles. The maximum Gasteiger partial charge on any atom is 0.573 e. The minimum atomic E-state index is -4.94. The molecule has 8 rings (SSSR count). The van der Waals surface area contributed by atoms with Crippen molar-refractivity contribution in [3.05, 3.63) is 128 Å². The van der Waals surface area contributed by atoms with E-state index in [1.54, 1.807) is 29.6 Å². The fraction of sp³-hybridized carbons (Fsp3) is 0.179. The number of aromatic nitrogens is 6. The normalized spacial score (nSPS) is 12.8. The van der Waals surface area contributed by atoms with E-state index in [9.17, 15) is 32.3 Å². The number of nitrogens with one attached hydrogen (secondary N) is 2. The molecule has 15 nitrogen and oxygen atoms in total. The minimum absolute atomic E-state index is 0.0304. The lowest BCUT2D eigenvalue weighted by molar-refractivity contribution is -0.274. The molecule has 6 heterocycles. The van der Waals surface area contributed by atoms with Gasteiger partial charge in [0.2, 0.25) is 11.8 Å². The largest absolute Gasteiger partial charge is 0.573 e. The summed E-state index contributed by atoms with van der Waals surface area (Å²) in [5.41, 5.74) is -1.07. The summed E-state index contributed by atoms with van der Waals surface area (Å²) in [5, 5.41) is 12.2. The van der Waals surface area contributed by atoms with E-state index in [0.717, 1.165) is 66.6 Å². The van der Waals surface area contributed by atoms with Crippen LogP contribution >= 0.6 is 56.9 Å². The molecule has 2 aromatic carbocycles. The summed E-state index contributed by atoms with van der Waals surface area (Å²) in [6, 6.07) is 11.9. The summed E-state index contributed by atoms with van der Waals surface area (Å²) in [6.45, 7) is 0. The van der Waals surface area contributed by atoms with Crippen molar-refractivity contribution in [1.29, 1.82) is 0 Å². The Morgan fingerprint density at radius 3 is 1.60 bits per heavy atom. The van der Waals surface area contributed by atoms with Crippen molar-refractivity contribution in [2.24, 2.45) is 28.2 Å². The van der Waals surface area contributed by atoms with E-state index in [1.165, 1.54) is 65.6 Å². The molecule has 0 fully saturated rings. The Labute approximate surface area is 366 Å². The van der Waals surface area contributed by atoms with Gasteiger partial charge in [0.05, 0.1) is 34.0 Å². The number of thiophene rings is 2. The fourth-order valence-electron chi connectivity index (χ4n) is 6.95. The number of anilines is 2. The van der Waals surface area contributed by atoms with Crippen LogP contribution in [0.25, 0.3) is 42.9 Å². The van der Waals surface area contributed by atoms with Crippen LogP contribution in [0.15, 0.2) is 89.2 Å². The minimum Gasteiger partial charge on any atom is -0.406 e. The Hall–Kier alpha value is -6.20. The van der Waals surface area contributed by atoms with Crippen molar-refractivity contribution in [1.82, 2.24) is 28.2 Å². The smallest absolute Gasteiger partial charge is 0.406 e. The Kier molecular flexibility index (Phi) is 11.1. The van der Waals surface area contributed by atoms with Crippen LogP contribution in [0.3, 0.4) is 0 Å². The summed E-state index contributed by atoms with van der Waals surface area (Å²) >= 11 is 10.1. The van der Waals surface area contributed by atoms with Crippen LogP contribution in [0.2, 0.25) is 5.02 Å². The SMILES string of the molecule is Cn1c(=O)c2c(C(C(=O)Nc3nc(-c4ccc(Cl)cc4)cs3)C(C(=O)Nc3nc(-c4cccc(OC(F)(F)F)c4)cs3)c3csc4c3c(=O)n(C)c(=O)n4C)csc2n(C)c1=O. The number of amides is 2. The van der Waals surface area contributed by atoms with Crippen LogP contribution < -0.4 is 37.9 Å². The Morgan fingerprint density at radius 1 is 0.661 bits per heavy atom. The van der Waals surface area contributed by atoms with Gasteiger partial charge in [0.1, 0.15) is 15.4 Å². The Morgan fingerprint density at radius 2 is 1.13 bits per heavy atom. The number of rotatable bonds is 10. The number of fused-ring (bicyclic) bond motifs is 2. The van der Waals surface area contributed by atoms with Crippen molar-refractivity contribution in [2.45, 2.75) is 18.2 Å². The molecule has 0 aliphatic rings. The molecular weight excluding hydrogens is 913 g/mol. The Bertz CT molecular complexity index is 3340. The van der Waals surface area contributed by atoms with E-state index in [0.29, 0.717) is 16.3 Å². The van der Waals surface area contributed by atoms with Crippen molar-refractivity contribution in [2.75, 3.05) is 10.6 Å². The zero-order chi connectivity index (χ0) is 44.4. The third-order valence-corrected chi connectivity index (χ3v) is 13.8. The van der Waals surface area contributed by atoms with Gasteiger partial charge in [-0.25, -0.2) is 19.6 Å². The molecule has 0 radical (unpaired) electrons. The maximum atomic E-state index is 15.1. The van der Waals surface area contributed by atoms with Gasteiger partial charge in [0, 0.05) is 55.1 Å². The predicted molar refractivity (Wildman–Crippen MR) is 234 cm³/mol. The van der Waals surface area contributed by atoms with Gasteiger partial charge in [0.15, 0.2) is 10.3 Å². The molecule has 0 spiro atoms. The molecule has 2 atom stereocenters. The van der Waals surface area contributed by atoms with E-state index in [2.05, 4.69) is 25.3 Å². The first-order chi connectivity index (χ1) is 29.4. The average Bonchev–Trinajstić information content (AvgIpc) is 4.06. The highest BCUT2D eigenvalue weighted by Crippen LogP contribution is 2.43. The standard InChI is InChI=1S/C39H28ClF3N8O7S4/c1-48-31(54)27-21(13-59-33(27)50(3)37(48)56)25(29(52)46-35-44-23(15-61-35)17-8-10-19(40)11-9-17)26(22-14-60-34-28(22)32(55)49(2)38(57)51(34)4)30(53)47-36-45-24(16-62-36)18-6-5-7-20(12-18)58-39(41,42)43/h5-16,25-26H,1-4H3,(H,44,46,52)(H,45,47,53). The highest BCUT2D eigenvalue weighted by molar-refractivity contribution is 7.17. The highest BCUT2D eigenvalue weighted by atomic mass is 35.5. The number of nitrogens with zero attached hydrogens (tertiary/aromatic N) is 6. The molecule has 2 N–H and O–H groups in total. The van der Waals surface area contributed by atoms with E-state index in [4.69, 9.17) is 11.6 Å². The van der Waals surface area contributed by atoms with Crippen LogP contribution in [-0.4, -0.2) is 46.4 Å². The molecule has 2 amide bonds. The summed E-state index contributed by atoms with van der Waals surface area (Å²) in [5.74, 6) is -5.44. The third kappa shape index (κ3) is 7.79.